The molecule has 4 heteroatoms. The molecule has 1 aromatic carbocycles. The summed E-state index contributed by atoms with van der Waals surface area (Å²) in [5.74, 6) is 0. The number of ether oxygens (including phenoxy) is 1. The molecule has 0 aliphatic carbocycles. The van der Waals surface area contributed by atoms with Crippen molar-refractivity contribution >= 4 is 11.7 Å². The number of hydrogen-bond donors (Lipinski definition) is 1. The number of carbonyl (C=O) groups excluding carboxylic acids is 1. The van der Waals surface area contributed by atoms with Crippen LogP contribution in [0.3, 0.4) is 0 Å². The van der Waals surface area contributed by atoms with E-state index < -0.39 is 0 Å². The van der Waals surface area contributed by atoms with Gasteiger partial charge >= 0.3 is 6.03 Å². The maximum Gasteiger partial charge on any atom is 0.321 e. The first-order valence-corrected chi connectivity index (χ1v) is 6.52. The lowest BCUT2D eigenvalue weighted by Gasteiger charge is -2.32. The van der Waals surface area contributed by atoms with E-state index in [4.69, 9.17) is 4.74 Å². The zero-order valence-electron chi connectivity index (χ0n) is 10.8. The summed E-state index contributed by atoms with van der Waals surface area (Å²) in [6, 6.07) is 9.50. The molecule has 0 radical (unpaired) electrons. The van der Waals surface area contributed by atoms with Crippen LogP contribution in [-0.4, -0.2) is 36.7 Å². The molecular formula is C14H20N2O2. The van der Waals surface area contributed by atoms with Crippen LogP contribution >= 0.6 is 0 Å². The summed E-state index contributed by atoms with van der Waals surface area (Å²) in [6.07, 6.45) is 2.24. The van der Waals surface area contributed by atoms with Crippen molar-refractivity contribution in [3.05, 3.63) is 30.3 Å². The molecule has 1 N–H and O–H groups in total. The Morgan fingerprint density at radius 2 is 2.22 bits per heavy atom. The summed E-state index contributed by atoms with van der Waals surface area (Å²) < 4.78 is 5.59. The van der Waals surface area contributed by atoms with Gasteiger partial charge in [-0.1, -0.05) is 18.2 Å². The predicted octanol–water partition coefficient (Wildman–Crippen LogP) is 2.72. The number of piperidine rings is 1. The van der Waals surface area contributed by atoms with Gasteiger partial charge in [-0.3, -0.25) is 0 Å². The number of para-hydroxylation sites is 1. The Balaban J connectivity index is 1.88. The largest absolute Gasteiger partial charge is 0.377 e. The molecule has 0 unspecified atom stereocenters. The number of amides is 2. The van der Waals surface area contributed by atoms with E-state index in [-0.39, 0.29) is 12.1 Å². The Labute approximate surface area is 108 Å². The van der Waals surface area contributed by atoms with Gasteiger partial charge in [0.05, 0.1) is 6.10 Å². The second kappa shape index (κ2) is 6.40. The number of hydrogen-bond acceptors (Lipinski definition) is 2. The zero-order valence-corrected chi connectivity index (χ0v) is 10.8. The molecule has 4 nitrogen and oxygen atoms in total. The van der Waals surface area contributed by atoms with Crippen LogP contribution in [-0.2, 0) is 4.74 Å². The molecular weight excluding hydrogens is 228 g/mol. The van der Waals surface area contributed by atoms with Crippen molar-refractivity contribution in [1.29, 1.82) is 0 Å². The average molecular weight is 248 g/mol. The van der Waals surface area contributed by atoms with Gasteiger partial charge < -0.3 is 15.0 Å². The Morgan fingerprint density at radius 3 is 2.94 bits per heavy atom. The molecule has 1 aliphatic heterocycles. The summed E-state index contributed by atoms with van der Waals surface area (Å²) in [4.78, 5) is 13.9. The highest BCUT2D eigenvalue weighted by Gasteiger charge is 2.23. The van der Waals surface area contributed by atoms with Crippen molar-refractivity contribution in [2.45, 2.75) is 25.9 Å². The number of benzene rings is 1. The van der Waals surface area contributed by atoms with Crippen molar-refractivity contribution < 1.29 is 9.53 Å². The number of rotatable bonds is 3. The third kappa shape index (κ3) is 3.47. The van der Waals surface area contributed by atoms with Crippen LogP contribution in [0.5, 0.6) is 0 Å². The highest BCUT2D eigenvalue weighted by Crippen LogP contribution is 2.15. The highest BCUT2D eigenvalue weighted by molar-refractivity contribution is 5.89. The fourth-order valence-corrected chi connectivity index (χ4v) is 2.22. The molecule has 1 aromatic rings. The maximum absolute atomic E-state index is 12.1. The smallest absolute Gasteiger partial charge is 0.321 e. The molecule has 0 aromatic heterocycles. The van der Waals surface area contributed by atoms with E-state index in [1.165, 1.54) is 0 Å². The summed E-state index contributed by atoms with van der Waals surface area (Å²) in [7, 11) is 0. The first-order chi connectivity index (χ1) is 8.79. The summed E-state index contributed by atoms with van der Waals surface area (Å²) in [5, 5.41) is 2.91. The normalized spacial score (nSPS) is 19.6. The minimum Gasteiger partial charge on any atom is -0.377 e. The van der Waals surface area contributed by atoms with Crippen LogP contribution < -0.4 is 5.32 Å². The SMILES string of the molecule is CCO[C@@H]1CCCN(C(=O)Nc2ccccc2)C1. The van der Waals surface area contributed by atoms with Crippen LogP contribution in [0.4, 0.5) is 10.5 Å². The van der Waals surface area contributed by atoms with Gasteiger partial charge in [0.15, 0.2) is 0 Å². The maximum atomic E-state index is 12.1. The zero-order chi connectivity index (χ0) is 12.8. The molecule has 1 heterocycles. The molecule has 1 aliphatic rings. The first-order valence-electron chi connectivity index (χ1n) is 6.52. The fraction of sp³-hybridized carbons (Fsp3) is 0.500. The van der Waals surface area contributed by atoms with Gasteiger partial charge in [0, 0.05) is 25.4 Å². The van der Waals surface area contributed by atoms with Gasteiger partial charge in [-0.15, -0.1) is 0 Å². The number of carbonyl (C=O) groups is 1. The summed E-state index contributed by atoms with van der Waals surface area (Å²) >= 11 is 0. The van der Waals surface area contributed by atoms with E-state index in [1.807, 2.05) is 42.2 Å². The number of nitrogens with zero attached hydrogens (tertiary/aromatic N) is 1. The topological polar surface area (TPSA) is 41.6 Å². The van der Waals surface area contributed by atoms with E-state index in [0.29, 0.717) is 13.2 Å². The van der Waals surface area contributed by atoms with Gasteiger partial charge in [-0.05, 0) is 31.9 Å². The van der Waals surface area contributed by atoms with Gasteiger partial charge in [-0.2, -0.15) is 0 Å². The molecule has 2 rings (SSSR count). The summed E-state index contributed by atoms with van der Waals surface area (Å²) in [6.45, 7) is 4.19. The molecule has 0 bridgehead atoms. The quantitative estimate of drug-likeness (QED) is 0.893. The standard InChI is InChI=1S/C14H20N2O2/c1-2-18-13-9-6-10-16(11-13)14(17)15-12-7-4-3-5-8-12/h3-5,7-8,13H,2,6,9-11H2,1H3,(H,15,17)/t13-/m1/s1. The Kier molecular flexibility index (Phi) is 4.59. The number of urea groups is 1. The van der Waals surface area contributed by atoms with Crippen LogP contribution in [0.25, 0.3) is 0 Å². The van der Waals surface area contributed by atoms with Crippen molar-refractivity contribution in [2.75, 3.05) is 25.0 Å². The predicted molar refractivity (Wildman–Crippen MR) is 71.7 cm³/mol. The van der Waals surface area contributed by atoms with E-state index in [0.717, 1.165) is 25.1 Å². The number of nitrogens with one attached hydrogen (secondary N) is 1. The van der Waals surface area contributed by atoms with E-state index in [2.05, 4.69) is 5.32 Å². The number of likely N-dealkylation sites (tertiary alicyclic amines) is 1. The molecule has 2 amide bonds. The van der Waals surface area contributed by atoms with Gasteiger partial charge in [0.1, 0.15) is 0 Å². The monoisotopic (exact) mass is 248 g/mol. The van der Waals surface area contributed by atoms with Crippen molar-refractivity contribution in [1.82, 2.24) is 4.90 Å². The number of anilines is 1. The second-order valence-electron chi connectivity index (χ2n) is 4.46. The Bertz CT molecular complexity index is 379. The molecule has 0 spiro atoms. The minimum absolute atomic E-state index is 0.0365. The van der Waals surface area contributed by atoms with Crippen LogP contribution in [0, 0.1) is 0 Å². The first kappa shape index (κ1) is 12.9. The molecule has 98 valence electrons. The van der Waals surface area contributed by atoms with Crippen molar-refractivity contribution in [3.63, 3.8) is 0 Å². The fourth-order valence-electron chi connectivity index (χ4n) is 2.22. The van der Waals surface area contributed by atoms with E-state index in [9.17, 15) is 4.79 Å². The van der Waals surface area contributed by atoms with E-state index >= 15 is 0 Å². The van der Waals surface area contributed by atoms with Crippen LogP contribution in [0.1, 0.15) is 19.8 Å². The average Bonchev–Trinajstić information content (AvgIpc) is 2.40. The highest BCUT2D eigenvalue weighted by atomic mass is 16.5. The van der Waals surface area contributed by atoms with Gasteiger partial charge in [-0.25, -0.2) is 4.79 Å². The van der Waals surface area contributed by atoms with Gasteiger partial charge in [0.25, 0.3) is 0 Å². The van der Waals surface area contributed by atoms with E-state index in [1.54, 1.807) is 0 Å². The molecule has 1 fully saturated rings. The van der Waals surface area contributed by atoms with Gasteiger partial charge in [0.2, 0.25) is 0 Å². The summed E-state index contributed by atoms with van der Waals surface area (Å²) in [5.41, 5.74) is 0.834. The Morgan fingerprint density at radius 1 is 1.44 bits per heavy atom. The van der Waals surface area contributed by atoms with Crippen LogP contribution in [0.15, 0.2) is 30.3 Å². The third-order valence-electron chi connectivity index (χ3n) is 3.09. The Hall–Kier alpha value is -1.55. The lowest BCUT2D eigenvalue weighted by atomic mass is 10.1. The lowest BCUT2D eigenvalue weighted by Crippen LogP contribution is -2.45. The van der Waals surface area contributed by atoms with Crippen molar-refractivity contribution in [2.24, 2.45) is 0 Å². The van der Waals surface area contributed by atoms with Crippen molar-refractivity contribution in [3.8, 4) is 0 Å². The lowest BCUT2D eigenvalue weighted by molar-refractivity contribution is 0.0181. The third-order valence-corrected chi connectivity index (χ3v) is 3.09. The minimum atomic E-state index is -0.0365. The molecule has 0 saturated carbocycles. The van der Waals surface area contributed by atoms with Crippen LogP contribution in [0.2, 0.25) is 0 Å². The molecule has 18 heavy (non-hydrogen) atoms. The molecule has 1 saturated heterocycles. The molecule has 1 atom stereocenters. The second-order valence-corrected chi connectivity index (χ2v) is 4.46.